The van der Waals surface area contributed by atoms with Crippen LogP contribution in [0.3, 0.4) is 0 Å². The van der Waals surface area contributed by atoms with Crippen molar-refractivity contribution in [3.8, 4) is 0 Å². The molecule has 0 radical (unpaired) electrons. The third-order valence-electron chi connectivity index (χ3n) is 1.51. The fourth-order valence-corrected chi connectivity index (χ4v) is 0.908. The summed E-state index contributed by atoms with van der Waals surface area (Å²) in [5.74, 6) is -0.294. The summed E-state index contributed by atoms with van der Waals surface area (Å²) in [5.41, 5.74) is 1.34. The van der Waals surface area contributed by atoms with Crippen molar-refractivity contribution in [1.29, 1.82) is 0 Å². The van der Waals surface area contributed by atoms with E-state index in [-0.39, 0.29) is 12.2 Å². The van der Waals surface area contributed by atoms with Crippen LogP contribution in [0.1, 0.15) is 11.1 Å². The van der Waals surface area contributed by atoms with E-state index in [4.69, 9.17) is 0 Å². The van der Waals surface area contributed by atoms with Gasteiger partial charge >= 0.3 is 0 Å². The molecule has 1 rings (SSSR count). The molecule has 0 spiro atoms. The topological polar surface area (TPSA) is 17.1 Å². The highest BCUT2D eigenvalue weighted by Crippen LogP contribution is 2.09. The van der Waals surface area contributed by atoms with Gasteiger partial charge in [0.1, 0.15) is 12.1 Å². The zero-order chi connectivity index (χ0) is 8.27. The van der Waals surface area contributed by atoms with Gasteiger partial charge in [0, 0.05) is 6.42 Å². The van der Waals surface area contributed by atoms with Crippen molar-refractivity contribution in [2.24, 2.45) is 0 Å². The smallest absolute Gasteiger partial charge is 0.127 e. The Morgan fingerprint density at radius 3 is 2.82 bits per heavy atom. The average molecular weight is 152 g/mol. The van der Waals surface area contributed by atoms with Crippen LogP contribution in [0.15, 0.2) is 18.2 Å². The highest BCUT2D eigenvalue weighted by molar-refractivity contribution is 5.55. The minimum absolute atomic E-state index is 0.159. The van der Waals surface area contributed by atoms with Gasteiger partial charge in [-0.2, -0.15) is 0 Å². The van der Waals surface area contributed by atoms with Crippen molar-refractivity contribution in [2.45, 2.75) is 13.3 Å². The first-order valence-corrected chi connectivity index (χ1v) is 3.42. The van der Waals surface area contributed by atoms with Crippen molar-refractivity contribution in [3.05, 3.63) is 35.1 Å². The number of rotatable bonds is 2. The Hall–Kier alpha value is -1.18. The maximum absolute atomic E-state index is 12.9. The third kappa shape index (κ3) is 1.87. The normalized spacial score (nSPS) is 9.64. The van der Waals surface area contributed by atoms with E-state index in [1.807, 2.05) is 6.92 Å². The zero-order valence-corrected chi connectivity index (χ0v) is 6.30. The fourth-order valence-electron chi connectivity index (χ4n) is 0.908. The summed E-state index contributed by atoms with van der Waals surface area (Å²) < 4.78 is 12.9. The molecule has 58 valence electrons. The van der Waals surface area contributed by atoms with Crippen LogP contribution in [0.2, 0.25) is 0 Å². The second-order valence-electron chi connectivity index (χ2n) is 2.47. The molecule has 0 saturated carbocycles. The molecular weight excluding hydrogens is 143 g/mol. The standard InChI is InChI=1S/C9H9FO/c1-7-2-3-8(4-5-11)9(10)6-7/h2-3,5-6H,4H2,1H3. The lowest BCUT2D eigenvalue weighted by Crippen LogP contribution is -1.91. The van der Waals surface area contributed by atoms with Crippen LogP contribution in [0, 0.1) is 12.7 Å². The van der Waals surface area contributed by atoms with E-state index in [0.29, 0.717) is 11.8 Å². The molecule has 0 aliphatic heterocycles. The minimum Gasteiger partial charge on any atom is -0.303 e. The number of carbonyl (C=O) groups is 1. The van der Waals surface area contributed by atoms with Crippen LogP contribution in [0.5, 0.6) is 0 Å². The van der Waals surface area contributed by atoms with Crippen molar-refractivity contribution in [3.63, 3.8) is 0 Å². The summed E-state index contributed by atoms with van der Waals surface area (Å²) in [4.78, 5) is 10.0. The van der Waals surface area contributed by atoms with Gasteiger partial charge < -0.3 is 4.79 Å². The maximum Gasteiger partial charge on any atom is 0.127 e. The molecule has 2 heteroatoms. The molecule has 11 heavy (non-hydrogen) atoms. The summed E-state index contributed by atoms with van der Waals surface area (Å²) in [6.07, 6.45) is 0.861. The second-order valence-corrected chi connectivity index (χ2v) is 2.47. The average Bonchev–Trinajstić information content (AvgIpc) is 1.95. The Balaban J connectivity index is 2.98. The number of hydrogen-bond acceptors (Lipinski definition) is 1. The minimum atomic E-state index is -0.294. The zero-order valence-electron chi connectivity index (χ0n) is 6.30. The summed E-state index contributed by atoms with van der Waals surface area (Å²) in [7, 11) is 0. The molecule has 0 aliphatic carbocycles. The molecule has 0 amide bonds. The molecule has 0 saturated heterocycles. The molecule has 0 heterocycles. The summed E-state index contributed by atoms with van der Waals surface area (Å²) >= 11 is 0. The second kappa shape index (κ2) is 3.28. The molecule has 0 N–H and O–H groups in total. The van der Waals surface area contributed by atoms with E-state index in [1.54, 1.807) is 12.1 Å². The number of halogens is 1. The van der Waals surface area contributed by atoms with Gasteiger partial charge in [0.25, 0.3) is 0 Å². The maximum atomic E-state index is 12.9. The van der Waals surface area contributed by atoms with Gasteiger partial charge in [-0.05, 0) is 24.1 Å². The van der Waals surface area contributed by atoms with Gasteiger partial charge in [-0.3, -0.25) is 0 Å². The molecular formula is C9H9FO. The van der Waals surface area contributed by atoms with Gasteiger partial charge in [0.2, 0.25) is 0 Å². The molecule has 1 aromatic carbocycles. The van der Waals surface area contributed by atoms with Gasteiger partial charge in [-0.15, -0.1) is 0 Å². The summed E-state index contributed by atoms with van der Waals surface area (Å²) in [5, 5.41) is 0. The van der Waals surface area contributed by atoms with Crippen molar-refractivity contribution >= 4 is 6.29 Å². The summed E-state index contributed by atoms with van der Waals surface area (Å²) in [6.45, 7) is 1.81. The lowest BCUT2D eigenvalue weighted by molar-refractivity contribution is -0.107. The highest BCUT2D eigenvalue weighted by atomic mass is 19.1. The van der Waals surface area contributed by atoms with Crippen LogP contribution >= 0.6 is 0 Å². The van der Waals surface area contributed by atoms with E-state index in [2.05, 4.69) is 0 Å². The molecule has 0 aliphatic rings. The van der Waals surface area contributed by atoms with E-state index in [9.17, 15) is 9.18 Å². The Labute approximate surface area is 64.9 Å². The predicted octanol–water partition coefficient (Wildman–Crippen LogP) is 1.88. The molecule has 0 bridgehead atoms. The van der Waals surface area contributed by atoms with Crippen LogP contribution in [0.25, 0.3) is 0 Å². The lowest BCUT2D eigenvalue weighted by atomic mass is 10.1. The highest BCUT2D eigenvalue weighted by Gasteiger charge is 1.99. The van der Waals surface area contributed by atoms with Crippen molar-refractivity contribution in [2.75, 3.05) is 0 Å². The first kappa shape index (κ1) is 7.92. The van der Waals surface area contributed by atoms with Crippen molar-refractivity contribution < 1.29 is 9.18 Å². The molecule has 0 atom stereocenters. The molecule has 1 nitrogen and oxygen atoms in total. The van der Waals surface area contributed by atoms with Crippen LogP contribution in [-0.2, 0) is 11.2 Å². The molecule has 1 aromatic rings. The first-order valence-electron chi connectivity index (χ1n) is 3.42. The Morgan fingerprint density at radius 2 is 2.27 bits per heavy atom. The number of aldehydes is 1. The number of hydrogen-bond donors (Lipinski definition) is 0. The van der Waals surface area contributed by atoms with Crippen LogP contribution in [-0.4, -0.2) is 6.29 Å². The van der Waals surface area contributed by atoms with Crippen LogP contribution in [0.4, 0.5) is 4.39 Å². The Bertz CT molecular complexity index is 268. The largest absolute Gasteiger partial charge is 0.303 e. The first-order chi connectivity index (χ1) is 5.24. The lowest BCUT2D eigenvalue weighted by Gasteiger charge is -1.98. The Kier molecular flexibility index (Phi) is 2.36. The Morgan fingerprint density at radius 1 is 1.55 bits per heavy atom. The molecule has 0 unspecified atom stereocenters. The van der Waals surface area contributed by atoms with E-state index in [1.165, 1.54) is 6.07 Å². The fraction of sp³-hybridized carbons (Fsp3) is 0.222. The van der Waals surface area contributed by atoms with Gasteiger partial charge in [0.15, 0.2) is 0 Å². The third-order valence-corrected chi connectivity index (χ3v) is 1.51. The van der Waals surface area contributed by atoms with Gasteiger partial charge in [-0.1, -0.05) is 12.1 Å². The SMILES string of the molecule is Cc1ccc(CC=O)c(F)c1. The van der Waals surface area contributed by atoms with Crippen molar-refractivity contribution in [1.82, 2.24) is 0 Å². The number of benzene rings is 1. The number of aryl methyl sites for hydroxylation is 1. The summed E-state index contributed by atoms with van der Waals surface area (Å²) in [6, 6.07) is 4.86. The van der Waals surface area contributed by atoms with E-state index >= 15 is 0 Å². The van der Waals surface area contributed by atoms with E-state index in [0.717, 1.165) is 5.56 Å². The van der Waals surface area contributed by atoms with E-state index < -0.39 is 0 Å². The predicted molar refractivity (Wildman–Crippen MR) is 40.9 cm³/mol. The molecule has 0 aromatic heterocycles. The van der Waals surface area contributed by atoms with Gasteiger partial charge in [-0.25, -0.2) is 4.39 Å². The molecule has 0 fully saturated rings. The quantitative estimate of drug-likeness (QED) is 0.591. The van der Waals surface area contributed by atoms with Crippen LogP contribution < -0.4 is 0 Å². The monoisotopic (exact) mass is 152 g/mol. The number of carbonyl (C=O) groups excluding carboxylic acids is 1. The van der Waals surface area contributed by atoms with Gasteiger partial charge in [0.05, 0.1) is 0 Å².